The van der Waals surface area contributed by atoms with Gasteiger partial charge in [0.05, 0.1) is 13.2 Å². The molecule has 112 valence electrons. The fourth-order valence-corrected chi connectivity index (χ4v) is 2.70. The van der Waals surface area contributed by atoms with Gasteiger partial charge in [-0.3, -0.25) is 14.8 Å². The minimum atomic E-state index is -0.198. The molecule has 0 radical (unpaired) electrons. The van der Waals surface area contributed by atoms with Crippen LogP contribution in [0.25, 0.3) is 0 Å². The largest absolute Gasteiger partial charge is 0.367 e. The van der Waals surface area contributed by atoms with Gasteiger partial charge in [-0.15, -0.1) is 11.3 Å². The van der Waals surface area contributed by atoms with Gasteiger partial charge in [0.25, 0.3) is 0 Å². The van der Waals surface area contributed by atoms with Crippen LogP contribution in [0.2, 0.25) is 0 Å². The van der Waals surface area contributed by atoms with Crippen molar-refractivity contribution in [2.75, 3.05) is 31.6 Å². The minimum Gasteiger partial charge on any atom is -0.367 e. The Labute approximate surface area is 125 Å². The fourth-order valence-electron chi connectivity index (χ4n) is 2.15. The summed E-state index contributed by atoms with van der Waals surface area (Å²) >= 11 is 1.40. The molecule has 0 aliphatic carbocycles. The number of morpholine rings is 1. The summed E-state index contributed by atoms with van der Waals surface area (Å²) in [4.78, 5) is 22.3. The van der Waals surface area contributed by atoms with Crippen LogP contribution in [-0.2, 0) is 9.53 Å². The number of nitrogens with zero attached hydrogens (tertiary/aromatic N) is 4. The van der Waals surface area contributed by atoms with Gasteiger partial charge in [0.1, 0.15) is 11.9 Å². The van der Waals surface area contributed by atoms with Gasteiger partial charge in [-0.05, 0) is 6.92 Å². The number of carbonyl (C=O) groups is 1. The topological polar surface area (TPSA) is 96.0 Å². The number of amides is 1. The van der Waals surface area contributed by atoms with Crippen molar-refractivity contribution in [3.05, 3.63) is 23.2 Å². The Balaban J connectivity index is 1.55. The van der Waals surface area contributed by atoms with E-state index in [9.17, 15) is 4.79 Å². The highest BCUT2D eigenvalue weighted by atomic mass is 32.1. The zero-order valence-electron chi connectivity index (χ0n) is 11.6. The van der Waals surface area contributed by atoms with Gasteiger partial charge in [0.15, 0.2) is 11.0 Å². The van der Waals surface area contributed by atoms with E-state index >= 15 is 0 Å². The number of hydrogen-bond acceptors (Lipinski definition) is 7. The second-order valence-corrected chi connectivity index (χ2v) is 5.65. The first kappa shape index (κ1) is 14.1. The first-order valence-corrected chi connectivity index (χ1v) is 7.51. The average Bonchev–Trinajstić information content (AvgIpc) is 3.10. The number of carbonyl (C=O) groups excluding carboxylic acids is 1. The van der Waals surface area contributed by atoms with E-state index in [0.29, 0.717) is 37.2 Å². The fraction of sp³-hybridized carbons (Fsp3) is 0.500. The Morgan fingerprint density at radius 3 is 3.29 bits per heavy atom. The smallest absolute Gasteiger partial charge is 0.240 e. The number of H-pyrrole nitrogens is 1. The number of aromatic amines is 1. The molecule has 0 bridgehead atoms. The van der Waals surface area contributed by atoms with Gasteiger partial charge in [-0.25, -0.2) is 9.97 Å². The lowest BCUT2D eigenvalue weighted by Crippen LogP contribution is -2.42. The molecule has 1 atom stereocenters. The number of thiazole rings is 1. The van der Waals surface area contributed by atoms with Crippen molar-refractivity contribution in [1.82, 2.24) is 25.1 Å². The average molecular weight is 308 g/mol. The zero-order valence-corrected chi connectivity index (χ0v) is 12.4. The molecule has 1 saturated heterocycles. The molecule has 8 nitrogen and oxygen atoms in total. The molecule has 2 aromatic rings. The van der Waals surface area contributed by atoms with Crippen LogP contribution in [0.4, 0.5) is 5.13 Å². The van der Waals surface area contributed by atoms with E-state index in [1.165, 1.54) is 11.3 Å². The van der Waals surface area contributed by atoms with E-state index in [2.05, 4.69) is 25.5 Å². The third kappa shape index (κ3) is 3.63. The number of rotatable bonds is 4. The van der Waals surface area contributed by atoms with Gasteiger partial charge in [-0.2, -0.15) is 5.10 Å². The molecular weight excluding hydrogens is 292 g/mol. The molecule has 1 aliphatic rings. The summed E-state index contributed by atoms with van der Waals surface area (Å²) in [6.45, 7) is 4.03. The Morgan fingerprint density at radius 1 is 1.67 bits per heavy atom. The lowest BCUT2D eigenvalue weighted by molar-refractivity contribution is -0.119. The van der Waals surface area contributed by atoms with Crippen molar-refractivity contribution in [3.63, 3.8) is 0 Å². The van der Waals surface area contributed by atoms with Crippen molar-refractivity contribution in [2.45, 2.75) is 13.0 Å². The molecule has 2 aromatic heterocycles. The van der Waals surface area contributed by atoms with Crippen LogP contribution < -0.4 is 5.32 Å². The van der Waals surface area contributed by atoms with Crippen molar-refractivity contribution in [1.29, 1.82) is 0 Å². The summed E-state index contributed by atoms with van der Waals surface area (Å²) in [5.41, 5.74) is 0. The Bertz CT molecular complexity index is 599. The maximum atomic E-state index is 12.0. The van der Waals surface area contributed by atoms with E-state index in [1.807, 2.05) is 17.2 Å². The lowest BCUT2D eigenvalue weighted by Gasteiger charge is -2.30. The molecule has 0 spiro atoms. The van der Waals surface area contributed by atoms with Gasteiger partial charge in [0.2, 0.25) is 5.91 Å². The first-order valence-electron chi connectivity index (χ1n) is 6.63. The molecule has 1 fully saturated rings. The van der Waals surface area contributed by atoms with Gasteiger partial charge < -0.3 is 10.1 Å². The van der Waals surface area contributed by atoms with Crippen LogP contribution in [0.5, 0.6) is 0 Å². The van der Waals surface area contributed by atoms with Crippen LogP contribution in [0.15, 0.2) is 11.6 Å². The second-order valence-electron chi connectivity index (χ2n) is 4.76. The van der Waals surface area contributed by atoms with E-state index in [4.69, 9.17) is 4.74 Å². The third-order valence-electron chi connectivity index (χ3n) is 3.10. The summed E-state index contributed by atoms with van der Waals surface area (Å²) in [6, 6.07) is 0. The summed E-state index contributed by atoms with van der Waals surface area (Å²) < 4.78 is 5.67. The maximum Gasteiger partial charge on any atom is 0.240 e. The van der Waals surface area contributed by atoms with E-state index in [1.54, 1.807) is 6.20 Å². The molecule has 2 N–H and O–H groups in total. The van der Waals surface area contributed by atoms with Crippen LogP contribution in [-0.4, -0.2) is 57.2 Å². The number of ether oxygens (including phenoxy) is 1. The number of anilines is 1. The Hall–Kier alpha value is -1.84. The van der Waals surface area contributed by atoms with Gasteiger partial charge >= 0.3 is 0 Å². The van der Waals surface area contributed by atoms with Crippen LogP contribution in [0.3, 0.4) is 0 Å². The van der Waals surface area contributed by atoms with Crippen LogP contribution in [0, 0.1) is 6.92 Å². The molecule has 0 saturated carbocycles. The van der Waals surface area contributed by atoms with Crippen molar-refractivity contribution in [2.24, 2.45) is 0 Å². The molecule has 9 heteroatoms. The highest BCUT2D eigenvalue weighted by Gasteiger charge is 2.26. The number of aromatic nitrogens is 4. The van der Waals surface area contributed by atoms with Crippen molar-refractivity contribution < 1.29 is 9.53 Å². The normalized spacial score (nSPS) is 19.6. The number of hydrogen-bond donors (Lipinski definition) is 2. The van der Waals surface area contributed by atoms with Crippen LogP contribution >= 0.6 is 11.3 Å². The van der Waals surface area contributed by atoms with E-state index in [-0.39, 0.29) is 12.0 Å². The van der Waals surface area contributed by atoms with Gasteiger partial charge in [-0.1, -0.05) is 0 Å². The van der Waals surface area contributed by atoms with E-state index in [0.717, 1.165) is 5.82 Å². The summed E-state index contributed by atoms with van der Waals surface area (Å²) in [6.07, 6.45) is 1.47. The van der Waals surface area contributed by atoms with Gasteiger partial charge in [0, 0.05) is 24.7 Å². The zero-order chi connectivity index (χ0) is 14.7. The molecular formula is C12H16N6O2S. The monoisotopic (exact) mass is 308 g/mol. The van der Waals surface area contributed by atoms with Crippen LogP contribution in [0.1, 0.15) is 17.8 Å². The molecule has 3 heterocycles. The molecule has 1 aliphatic heterocycles. The quantitative estimate of drug-likeness (QED) is 0.858. The summed E-state index contributed by atoms with van der Waals surface area (Å²) in [5.74, 6) is 1.32. The highest BCUT2D eigenvalue weighted by molar-refractivity contribution is 7.13. The molecule has 0 aromatic carbocycles. The lowest BCUT2D eigenvalue weighted by atomic mass is 10.2. The SMILES string of the molecule is Cc1nc(C2CN(CC(=O)Nc3nccs3)CCO2)n[nH]1. The van der Waals surface area contributed by atoms with Crippen molar-refractivity contribution >= 4 is 22.4 Å². The third-order valence-corrected chi connectivity index (χ3v) is 3.79. The first-order chi connectivity index (χ1) is 10.2. The van der Waals surface area contributed by atoms with Crippen molar-refractivity contribution in [3.8, 4) is 0 Å². The number of aryl methyl sites for hydroxylation is 1. The Morgan fingerprint density at radius 2 is 2.57 bits per heavy atom. The number of nitrogens with one attached hydrogen (secondary N) is 2. The minimum absolute atomic E-state index is 0.0724. The Kier molecular flexibility index (Phi) is 4.23. The molecule has 1 unspecified atom stereocenters. The molecule has 21 heavy (non-hydrogen) atoms. The predicted molar refractivity (Wildman–Crippen MR) is 77.0 cm³/mol. The predicted octanol–water partition coefficient (Wildman–Crippen LogP) is 0.582. The molecule has 1 amide bonds. The van der Waals surface area contributed by atoms with E-state index < -0.39 is 0 Å². The summed E-state index contributed by atoms with van der Waals surface area (Å²) in [7, 11) is 0. The maximum absolute atomic E-state index is 12.0. The second kappa shape index (κ2) is 6.29. The highest BCUT2D eigenvalue weighted by Crippen LogP contribution is 2.19. The summed E-state index contributed by atoms with van der Waals surface area (Å²) in [5, 5.41) is 12.1. The molecule has 3 rings (SSSR count). The standard InChI is InChI=1S/C12H16N6O2S/c1-8-14-11(17-16-8)9-6-18(3-4-20-9)7-10(19)15-12-13-2-5-21-12/h2,5,9H,3-4,6-7H2,1H3,(H,13,15,19)(H,14,16,17).